The minimum atomic E-state index is 0.279. The van der Waals surface area contributed by atoms with Crippen LogP contribution in [0.15, 0.2) is 6.20 Å². The third-order valence-electron chi connectivity index (χ3n) is 6.07. The maximum atomic E-state index is 13.1. The smallest absolute Gasteiger partial charge is 0.223 e. The Labute approximate surface area is 162 Å². The van der Waals surface area contributed by atoms with Crippen LogP contribution in [0, 0.1) is 5.92 Å². The highest BCUT2D eigenvalue weighted by atomic mass is 35.5. The predicted octanol–water partition coefficient (Wildman–Crippen LogP) is 3.86. The van der Waals surface area contributed by atoms with Crippen LogP contribution in [0.2, 0.25) is 5.02 Å². The number of hydrogen-bond acceptors (Lipinski definition) is 3. The van der Waals surface area contributed by atoms with E-state index >= 15 is 0 Å². The lowest BCUT2D eigenvalue weighted by atomic mass is 9.86. The third-order valence-corrected chi connectivity index (χ3v) is 6.39. The molecule has 0 radical (unpaired) electrons. The average Bonchev–Trinajstić information content (AvgIpc) is 3.20. The van der Waals surface area contributed by atoms with E-state index in [0.29, 0.717) is 29.9 Å². The number of likely N-dealkylation sites (N-methyl/N-ethyl adjacent to an activating group) is 1. The zero-order valence-electron chi connectivity index (χ0n) is 16.3. The van der Waals surface area contributed by atoms with Crippen LogP contribution in [0.5, 0.6) is 0 Å². The lowest BCUT2D eigenvalue weighted by Gasteiger charge is -2.31. The van der Waals surface area contributed by atoms with Gasteiger partial charge in [-0.15, -0.1) is 0 Å². The largest absolute Gasteiger partial charge is 0.335 e. The maximum Gasteiger partial charge on any atom is 0.223 e. The molecule has 1 aromatic heterocycles. The second-order valence-corrected chi connectivity index (χ2v) is 8.41. The predicted molar refractivity (Wildman–Crippen MR) is 105 cm³/mol. The van der Waals surface area contributed by atoms with Crippen molar-refractivity contribution in [3.63, 3.8) is 0 Å². The van der Waals surface area contributed by atoms with Crippen molar-refractivity contribution in [3.05, 3.63) is 16.9 Å². The Morgan fingerprint density at radius 1 is 1.27 bits per heavy atom. The molecule has 1 saturated heterocycles. The Balaban J connectivity index is 1.69. The molecule has 146 valence electrons. The monoisotopic (exact) mass is 380 g/mol. The molecule has 2 heterocycles. The molecule has 0 N–H and O–H groups in total. The number of likely N-dealkylation sites (tertiary alicyclic amines) is 1. The molecule has 0 aromatic carbocycles. The van der Waals surface area contributed by atoms with Gasteiger partial charge in [0.05, 0.1) is 11.6 Å². The van der Waals surface area contributed by atoms with Gasteiger partial charge < -0.3 is 4.90 Å². The highest BCUT2D eigenvalue weighted by Crippen LogP contribution is 2.28. The lowest BCUT2D eigenvalue weighted by Crippen LogP contribution is -2.43. The molecule has 2 aliphatic rings. The first-order valence-corrected chi connectivity index (χ1v) is 10.6. The summed E-state index contributed by atoms with van der Waals surface area (Å²) >= 11 is 6.33. The normalized spacial score (nSPS) is 22.0. The number of nitrogens with zero attached hydrogens (tertiary/aromatic N) is 4. The van der Waals surface area contributed by atoms with Crippen molar-refractivity contribution in [1.82, 2.24) is 19.6 Å². The van der Waals surface area contributed by atoms with Gasteiger partial charge in [-0.2, -0.15) is 5.10 Å². The van der Waals surface area contributed by atoms with Gasteiger partial charge in [0.25, 0.3) is 0 Å². The van der Waals surface area contributed by atoms with E-state index in [1.165, 1.54) is 44.9 Å². The second kappa shape index (κ2) is 9.23. The summed E-state index contributed by atoms with van der Waals surface area (Å²) in [5, 5.41) is 5.12. The number of aromatic nitrogens is 2. The van der Waals surface area contributed by atoms with Gasteiger partial charge in [-0.3, -0.25) is 14.4 Å². The minimum Gasteiger partial charge on any atom is -0.335 e. The quantitative estimate of drug-likeness (QED) is 0.721. The molecule has 1 amide bonds. The molecule has 1 aromatic rings. The van der Waals surface area contributed by atoms with E-state index in [9.17, 15) is 4.79 Å². The Hall–Kier alpha value is -1.07. The number of carbonyl (C=O) groups is 1. The summed E-state index contributed by atoms with van der Waals surface area (Å²) in [6, 6.07) is 0.470. The van der Waals surface area contributed by atoms with Crippen molar-refractivity contribution >= 4 is 17.5 Å². The van der Waals surface area contributed by atoms with Crippen LogP contribution in [0.1, 0.15) is 64.0 Å². The fraction of sp³-hybridized carbons (Fsp3) is 0.800. The van der Waals surface area contributed by atoms with E-state index in [1.54, 1.807) is 4.68 Å². The molecule has 0 bridgehead atoms. The zero-order valence-corrected chi connectivity index (χ0v) is 17.0. The van der Waals surface area contributed by atoms with Crippen molar-refractivity contribution in [1.29, 1.82) is 0 Å². The van der Waals surface area contributed by atoms with Crippen LogP contribution < -0.4 is 0 Å². The van der Waals surface area contributed by atoms with Crippen LogP contribution in [-0.2, 0) is 18.4 Å². The van der Waals surface area contributed by atoms with Gasteiger partial charge in [-0.05, 0) is 44.7 Å². The van der Waals surface area contributed by atoms with Crippen LogP contribution >= 0.6 is 11.6 Å². The molecule has 0 unspecified atom stereocenters. The fourth-order valence-electron chi connectivity index (χ4n) is 4.59. The molecule has 1 saturated carbocycles. The van der Waals surface area contributed by atoms with Gasteiger partial charge >= 0.3 is 0 Å². The van der Waals surface area contributed by atoms with Crippen LogP contribution in [-0.4, -0.2) is 51.2 Å². The van der Waals surface area contributed by atoms with Gasteiger partial charge in [0, 0.05) is 32.3 Å². The van der Waals surface area contributed by atoms with Gasteiger partial charge in [0.15, 0.2) is 0 Å². The van der Waals surface area contributed by atoms with Gasteiger partial charge in [0.1, 0.15) is 5.69 Å². The molecule has 5 nitrogen and oxygen atoms in total. The number of aryl methyl sites for hydroxylation is 1. The summed E-state index contributed by atoms with van der Waals surface area (Å²) < 4.78 is 1.73. The number of amides is 1. The Morgan fingerprint density at radius 3 is 2.69 bits per heavy atom. The first-order valence-electron chi connectivity index (χ1n) is 10.3. The summed E-state index contributed by atoms with van der Waals surface area (Å²) in [7, 11) is 1.87. The SMILES string of the molecule is CCN1CCC[C@H]1CN(Cc1nn(C)cc1Cl)C(=O)CC1CCCCC1. The summed E-state index contributed by atoms with van der Waals surface area (Å²) in [5.74, 6) is 0.838. The van der Waals surface area contributed by atoms with Crippen LogP contribution in [0.25, 0.3) is 0 Å². The van der Waals surface area contributed by atoms with Gasteiger partial charge in [-0.25, -0.2) is 0 Å². The summed E-state index contributed by atoms with van der Waals surface area (Å²) in [5.41, 5.74) is 0.812. The maximum absolute atomic E-state index is 13.1. The summed E-state index contributed by atoms with van der Waals surface area (Å²) in [6.45, 7) is 5.74. The average molecular weight is 381 g/mol. The van der Waals surface area contributed by atoms with E-state index in [2.05, 4.69) is 16.9 Å². The molecule has 0 spiro atoms. The highest BCUT2D eigenvalue weighted by molar-refractivity contribution is 6.31. The van der Waals surface area contributed by atoms with Gasteiger partial charge in [-0.1, -0.05) is 37.8 Å². The Bertz CT molecular complexity index is 597. The fourth-order valence-corrected chi connectivity index (χ4v) is 4.83. The molecule has 1 aliphatic carbocycles. The molecular formula is C20H33ClN4O. The van der Waals surface area contributed by atoms with E-state index in [1.807, 2.05) is 18.1 Å². The van der Waals surface area contributed by atoms with E-state index < -0.39 is 0 Å². The number of halogens is 1. The topological polar surface area (TPSA) is 41.4 Å². The van der Waals surface area contributed by atoms with Crippen molar-refractivity contribution < 1.29 is 4.79 Å². The second-order valence-electron chi connectivity index (χ2n) is 8.00. The molecule has 1 atom stereocenters. The van der Waals surface area contributed by atoms with Gasteiger partial charge in [0.2, 0.25) is 5.91 Å². The summed E-state index contributed by atoms with van der Waals surface area (Å²) in [4.78, 5) is 17.7. The summed E-state index contributed by atoms with van der Waals surface area (Å²) in [6.07, 6.45) is 11.2. The number of hydrogen-bond donors (Lipinski definition) is 0. The van der Waals surface area contributed by atoms with Crippen molar-refractivity contribution in [2.24, 2.45) is 13.0 Å². The molecule has 1 aliphatic heterocycles. The molecule has 6 heteroatoms. The third kappa shape index (κ3) is 5.01. The molecule has 3 rings (SSSR count). The highest BCUT2D eigenvalue weighted by Gasteiger charge is 2.29. The first kappa shape index (κ1) is 19.7. The van der Waals surface area contributed by atoms with Crippen molar-refractivity contribution in [2.75, 3.05) is 19.6 Å². The molecule has 2 fully saturated rings. The lowest BCUT2D eigenvalue weighted by molar-refractivity contribution is -0.133. The van der Waals surface area contributed by atoms with Crippen LogP contribution in [0.3, 0.4) is 0 Å². The zero-order chi connectivity index (χ0) is 18.5. The van der Waals surface area contributed by atoms with E-state index in [4.69, 9.17) is 11.6 Å². The minimum absolute atomic E-state index is 0.279. The van der Waals surface area contributed by atoms with Crippen LogP contribution in [0.4, 0.5) is 0 Å². The van der Waals surface area contributed by atoms with E-state index in [-0.39, 0.29) is 5.91 Å². The number of carbonyl (C=O) groups excluding carboxylic acids is 1. The van der Waals surface area contributed by atoms with E-state index in [0.717, 1.165) is 25.3 Å². The Kier molecular flexibility index (Phi) is 6.98. The first-order chi connectivity index (χ1) is 12.6. The van der Waals surface area contributed by atoms with Crippen molar-refractivity contribution in [3.8, 4) is 0 Å². The van der Waals surface area contributed by atoms with Crippen molar-refractivity contribution in [2.45, 2.75) is 70.9 Å². The number of rotatable bonds is 7. The molecular weight excluding hydrogens is 348 g/mol. The Morgan fingerprint density at radius 2 is 2.04 bits per heavy atom. The molecule has 26 heavy (non-hydrogen) atoms. The standard InChI is InChI=1S/C20H33ClN4O/c1-3-24-11-7-10-17(24)13-25(15-19-18(21)14-23(2)22-19)20(26)12-16-8-5-4-6-9-16/h14,16-17H,3-13,15H2,1-2H3/t17-/m0/s1.